The van der Waals surface area contributed by atoms with Crippen LogP contribution in [0.3, 0.4) is 0 Å². The van der Waals surface area contributed by atoms with Crippen molar-refractivity contribution in [3.63, 3.8) is 0 Å². The molecule has 0 aromatic rings. The second kappa shape index (κ2) is 5.87. The first-order valence-electron chi connectivity index (χ1n) is 7.30. The van der Waals surface area contributed by atoms with Crippen LogP contribution in [0, 0.1) is 5.92 Å². The highest BCUT2D eigenvalue weighted by Crippen LogP contribution is 2.30. The molecule has 1 fully saturated rings. The van der Waals surface area contributed by atoms with E-state index >= 15 is 0 Å². The third-order valence-corrected chi connectivity index (χ3v) is 4.14. The summed E-state index contributed by atoms with van der Waals surface area (Å²) >= 11 is 0. The van der Waals surface area contributed by atoms with Crippen LogP contribution in [0.4, 0.5) is 0 Å². The van der Waals surface area contributed by atoms with Crippen molar-refractivity contribution < 1.29 is 9.90 Å². The van der Waals surface area contributed by atoms with Gasteiger partial charge in [0, 0.05) is 24.5 Å². The molecule has 0 spiro atoms. The Kier molecular flexibility index (Phi) is 4.44. The molecule has 0 aromatic carbocycles. The van der Waals surface area contributed by atoms with Crippen molar-refractivity contribution >= 4 is 5.78 Å². The molecule has 0 saturated carbocycles. The van der Waals surface area contributed by atoms with Crippen molar-refractivity contribution in [1.29, 1.82) is 0 Å². The summed E-state index contributed by atoms with van der Waals surface area (Å²) in [6.07, 6.45) is 5.81. The minimum atomic E-state index is 0.123. The van der Waals surface area contributed by atoms with Crippen LogP contribution >= 0.6 is 0 Å². The summed E-state index contributed by atoms with van der Waals surface area (Å²) in [5, 5.41) is 10.1. The van der Waals surface area contributed by atoms with Crippen LogP contribution < -0.4 is 0 Å². The van der Waals surface area contributed by atoms with Gasteiger partial charge in [0.05, 0.1) is 0 Å². The first-order valence-corrected chi connectivity index (χ1v) is 7.30. The van der Waals surface area contributed by atoms with E-state index in [0.29, 0.717) is 24.5 Å². The van der Waals surface area contributed by atoms with E-state index in [0.717, 1.165) is 25.1 Å². The van der Waals surface area contributed by atoms with Crippen LogP contribution in [0.1, 0.15) is 52.4 Å². The van der Waals surface area contributed by atoms with E-state index in [1.807, 2.05) is 0 Å². The van der Waals surface area contributed by atoms with E-state index in [2.05, 4.69) is 18.7 Å². The molecule has 2 aliphatic rings. The first-order chi connectivity index (χ1) is 8.61. The molecule has 1 unspecified atom stereocenters. The Bertz CT molecular complexity index is 340. The van der Waals surface area contributed by atoms with Gasteiger partial charge in [-0.05, 0) is 38.3 Å². The summed E-state index contributed by atoms with van der Waals surface area (Å²) in [7, 11) is 0. The lowest BCUT2D eigenvalue weighted by atomic mass is 9.84. The van der Waals surface area contributed by atoms with E-state index in [4.69, 9.17) is 0 Å². The first kappa shape index (κ1) is 13.6. The van der Waals surface area contributed by atoms with Crippen LogP contribution in [0.2, 0.25) is 0 Å². The smallest absolute Gasteiger partial charge is 0.163 e. The minimum absolute atomic E-state index is 0.123. The Morgan fingerprint density at radius 1 is 1.06 bits per heavy atom. The number of allylic oxidation sites excluding steroid dienone is 1. The number of piperidine rings is 1. The fourth-order valence-corrected chi connectivity index (χ4v) is 3.32. The molecule has 1 aliphatic carbocycles. The van der Waals surface area contributed by atoms with Gasteiger partial charge in [-0.3, -0.25) is 9.69 Å². The van der Waals surface area contributed by atoms with Crippen molar-refractivity contribution in [3.05, 3.63) is 11.3 Å². The maximum atomic E-state index is 12.1. The highest BCUT2D eigenvalue weighted by Gasteiger charge is 2.34. The maximum Gasteiger partial charge on any atom is 0.163 e. The molecule has 1 heterocycles. The average Bonchev–Trinajstić information content (AvgIpc) is 2.34. The fourth-order valence-electron chi connectivity index (χ4n) is 3.32. The molecule has 1 atom stereocenters. The van der Waals surface area contributed by atoms with Crippen molar-refractivity contribution in [1.82, 2.24) is 4.90 Å². The Labute approximate surface area is 110 Å². The second-order valence-corrected chi connectivity index (χ2v) is 5.92. The number of ketones is 1. The SMILES string of the molecule is CC(C)C(C1=C(O)CCCC1=O)N1CCCCC1. The number of nitrogens with zero attached hydrogens (tertiary/aromatic N) is 1. The molecule has 0 aromatic heterocycles. The summed E-state index contributed by atoms with van der Waals surface area (Å²) in [5.74, 6) is 0.904. The number of carbonyl (C=O) groups excluding carboxylic acids is 1. The summed E-state index contributed by atoms with van der Waals surface area (Å²) in [6, 6.07) is 0.123. The van der Waals surface area contributed by atoms with Crippen LogP contribution in [0.15, 0.2) is 11.3 Å². The molecule has 102 valence electrons. The van der Waals surface area contributed by atoms with Crippen LogP contribution in [-0.2, 0) is 4.79 Å². The molecule has 0 radical (unpaired) electrons. The summed E-state index contributed by atoms with van der Waals surface area (Å²) < 4.78 is 0. The predicted octanol–water partition coefficient (Wildman–Crippen LogP) is 3.06. The molecule has 18 heavy (non-hydrogen) atoms. The lowest BCUT2D eigenvalue weighted by molar-refractivity contribution is -0.117. The molecule has 3 nitrogen and oxygen atoms in total. The number of carbonyl (C=O) groups is 1. The number of rotatable bonds is 3. The van der Waals surface area contributed by atoms with Crippen molar-refractivity contribution in [3.8, 4) is 0 Å². The highest BCUT2D eigenvalue weighted by atomic mass is 16.3. The number of aliphatic hydroxyl groups is 1. The molecule has 0 amide bonds. The van der Waals surface area contributed by atoms with Gasteiger partial charge in [0.15, 0.2) is 5.78 Å². The van der Waals surface area contributed by atoms with E-state index in [-0.39, 0.29) is 11.8 Å². The number of aliphatic hydroxyl groups excluding tert-OH is 1. The largest absolute Gasteiger partial charge is 0.512 e. The Hall–Kier alpha value is -0.830. The van der Waals surface area contributed by atoms with Crippen molar-refractivity contribution in [2.45, 2.75) is 58.4 Å². The predicted molar refractivity (Wildman–Crippen MR) is 72.6 cm³/mol. The minimum Gasteiger partial charge on any atom is -0.512 e. The molecular formula is C15H25NO2. The Morgan fingerprint density at radius 2 is 1.72 bits per heavy atom. The van der Waals surface area contributed by atoms with Gasteiger partial charge in [0.25, 0.3) is 0 Å². The number of Topliss-reactive ketones (excluding diaryl/α,β-unsaturated/α-hetero) is 1. The zero-order valence-corrected chi connectivity index (χ0v) is 11.6. The summed E-state index contributed by atoms with van der Waals surface area (Å²) in [6.45, 7) is 6.43. The summed E-state index contributed by atoms with van der Waals surface area (Å²) in [4.78, 5) is 14.6. The summed E-state index contributed by atoms with van der Waals surface area (Å²) in [5.41, 5.74) is 0.721. The molecule has 1 N–H and O–H groups in total. The number of hydrogen-bond donors (Lipinski definition) is 1. The molecule has 1 aliphatic heterocycles. The normalized spacial score (nSPS) is 24.7. The van der Waals surface area contributed by atoms with Crippen LogP contribution in [-0.4, -0.2) is 34.9 Å². The van der Waals surface area contributed by atoms with Gasteiger partial charge < -0.3 is 5.11 Å². The number of hydrogen-bond acceptors (Lipinski definition) is 3. The van der Waals surface area contributed by atoms with Gasteiger partial charge in [-0.15, -0.1) is 0 Å². The molecule has 3 heteroatoms. The van der Waals surface area contributed by atoms with Crippen molar-refractivity contribution in [2.24, 2.45) is 5.92 Å². The number of likely N-dealkylation sites (tertiary alicyclic amines) is 1. The quantitative estimate of drug-likeness (QED) is 0.838. The van der Waals surface area contributed by atoms with Crippen LogP contribution in [0.25, 0.3) is 0 Å². The molecular weight excluding hydrogens is 226 g/mol. The third-order valence-electron chi connectivity index (χ3n) is 4.14. The Morgan fingerprint density at radius 3 is 2.28 bits per heavy atom. The standard InChI is InChI=1S/C15H25NO2/c1-11(2)15(16-9-4-3-5-10-16)14-12(17)7-6-8-13(14)18/h11,15,17H,3-10H2,1-2H3. The van der Waals surface area contributed by atoms with E-state index in [1.165, 1.54) is 19.3 Å². The zero-order valence-electron chi connectivity index (χ0n) is 11.6. The van der Waals surface area contributed by atoms with E-state index in [1.54, 1.807) is 0 Å². The average molecular weight is 251 g/mol. The highest BCUT2D eigenvalue weighted by molar-refractivity contribution is 5.97. The van der Waals surface area contributed by atoms with Gasteiger partial charge in [-0.2, -0.15) is 0 Å². The molecule has 2 rings (SSSR count). The monoisotopic (exact) mass is 251 g/mol. The maximum absolute atomic E-state index is 12.1. The van der Waals surface area contributed by atoms with Gasteiger partial charge in [0.2, 0.25) is 0 Å². The van der Waals surface area contributed by atoms with Gasteiger partial charge >= 0.3 is 0 Å². The molecule has 1 saturated heterocycles. The second-order valence-electron chi connectivity index (χ2n) is 5.92. The van der Waals surface area contributed by atoms with Crippen molar-refractivity contribution in [2.75, 3.05) is 13.1 Å². The van der Waals surface area contributed by atoms with Gasteiger partial charge in [0.1, 0.15) is 5.76 Å². The Balaban J connectivity index is 2.25. The molecule has 0 bridgehead atoms. The topological polar surface area (TPSA) is 40.5 Å². The van der Waals surface area contributed by atoms with E-state index in [9.17, 15) is 9.90 Å². The van der Waals surface area contributed by atoms with Crippen LogP contribution in [0.5, 0.6) is 0 Å². The third kappa shape index (κ3) is 2.77. The lowest BCUT2D eigenvalue weighted by Crippen LogP contribution is -2.46. The lowest BCUT2D eigenvalue weighted by Gasteiger charge is -2.39. The fraction of sp³-hybridized carbons (Fsp3) is 0.800. The zero-order chi connectivity index (χ0) is 13.1. The van der Waals surface area contributed by atoms with Gasteiger partial charge in [-0.25, -0.2) is 0 Å². The van der Waals surface area contributed by atoms with E-state index < -0.39 is 0 Å². The van der Waals surface area contributed by atoms with Gasteiger partial charge in [-0.1, -0.05) is 20.3 Å².